The molecule has 0 N–H and O–H groups in total. The average molecular weight is 191 g/mol. The topological polar surface area (TPSA) is 30.9 Å². The third-order valence-electron chi connectivity index (χ3n) is 1.81. The molecule has 0 aromatic rings. The fourth-order valence-corrected chi connectivity index (χ4v) is 0.956. The number of likely N-dealkylation sites (N-methyl/N-ethyl adjacent to an activating group) is 1. The fraction of sp³-hybridized carbons (Fsp3) is 1.00. The fourth-order valence-electron chi connectivity index (χ4n) is 0.956. The Morgan fingerprint density at radius 1 is 1.23 bits per heavy atom. The largest absolute Gasteiger partial charge is 0.380 e. The van der Waals surface area contributed by atoms with Crippen LogP contribution >= 0.6 is 0 Å². The minimum atomic E-state index is -0.147. The molecule has 0 aromatic carbocycles. The van der Waals surface area contributed by atoms with Crippen LogP contribution in [0.4, 0.5) is 0 Å². The van der Waals surface area contributed by atoms with Gasteiger partial charge in [0, 0.05) is 33.9 Å². The number of methoxy groups -OCH3 is 2. The standard InChI is InChI=1S/C9H21NO3/c1-5-13-7-6-10(2)8-9(11-3)12-4/h9H,5-8H2,1-4H3. The summed E-state index contributed by atoms with van der Waals surface area (Å²) in [5.74, 6) is 0. The summed E-state index contributed by atoms with van der Waals surface area (Å²) in [6, 6.07) is 0. The van der Waals surface area contributed by atoms with E-state index in [1.165, 1.54) is 0 Å². The van der Waals surface area contributed by atoms with Gasteiger partial charge in [-0.15, -0.1) is 0 Å². The molecule has 0 fully saturated rings. The Kier molecular flexibility index (Phi) is 8.33. The van der Waals surface area contributed by atoms with E-state index in [2.05, 4.69) is 4.90 Å². The first-order chi connectivity index (χ1) is 6.24. The van der Waals surface area contributed by atoms with Crippen molar-refractivity contribution in [1.82, 2.24) is 4.90 Å². The highest BCUT2D eigenvalue weighted by molar-refractivity contribution is 4.53. The van der Waals surface area contributed by atoms with Crippen molar-refractivity contribution in [2.45, 2.75) is 13.2 Å². The van der Waals surface area contributed by atoms with E-state index in [-0.39, 0.29) is 6.29 Å². The van der Waals surface area contributed by atoms with Gasteiger partial charge in [-0.05, 0) is 14.0 Å². The van der Waals surface area contributed by atoms with Gasteiger partial charge in [-0.1, -0.05) is 0 Å². The van der Waals surface area contributed by atoms with Gasteiger partial charge in [-0.2, -0.15) is 0 Å². The normalized spacial score (nSPS) is 11.5. The molecule has 80 valence electrons. The zero-order valence-electron chi connectivity index (χ0n) is 9.08. The summed E-state index contributed by atoms with van der Waals surface area (Å²) in [6.07, 6.45) is -0.147. The van der Waals surface area contributed by atoms with Crippen LogP contribution in [-0.2, 0) is 14.2 Å². The maximum absolute atomic E-state index is 5.23. The Hall–Kier alpha value is -0.160. The van der Waals surface area contributed by atoms with E-state index in [0.717, 1.165) is 26.3 Å². The van der Waals surface area contributed by atoms with Crippen molar-refractivity contribution in [2.24, 2.45) is 0 Å². The lowest BCUT2D eigenvalue weighted by molar-refractivity contribution is -0.114. The molecule has 0 aliphatic carbocycles. The van der Waals surface area contributed by atoms with Gasteiger partial charge in [-0.3, -0.25) is 4.90 Å². The number of hydrogen-bond donors (Lipinski definition) is 0. The van der Waals surface area contributed by atoms with Gasteiger partial charge in [0.1, 0.15) is 0 Å². The highest BCUT2D eigenvalue weighted by atomic mass is 16.7. The van der Waals surface area contributed by atoms with Crippen LogP contribution in [0.1, 0.15) is 6.92 Å². The Bertz CT molecular complexity index is 107. The van der Waals surface area contributed by atoms with Crippen LogP contribution in [0.25, 0.3) is 0 Å². The molecule has 0 heterocycles. The van der Waals surface area contributed by atoms with Gasteiger partial charge in [0.15, 0.2) is 6.29 Å². The summed E-state index contributed by atoms with van der Waals surface area (Å²) in [4.78, 5) is 2.12. The highest BCUT2D eigenvalue weighted by Gasteiger charge is 2.08. The molecule has 0 unspecified atom stereocenters. The summed E-state index contributed by atoms with van der Waals surface area (Å²) in [7, 11) is 5.30. The van der Waals surface area contributed by atoms with Crippen LogP contribution in [0.15, 0.2) is 0 Å². The third-order valence-corrected chi connectivity index (χ3v) is 1.81. The summed E-state index contributed by atoms with van der Waals surface area (Å²) in [6.45, 7) is 5.18. The molecular weight excluding hydrogens is 170 g/mol. The molecule has 0 saturated heterocycles. The van der Waals surface area contributed by atoms with Gasteiger partial charge in [0.05, 0.1) is 6.61 Å². The Balaban J connectivity index is 3.42. The third kappa shape index (κ3) is 6.95. The maximum Gasteiger partial charge on any atom is 0.169 e. The summed E-state index contributed by atoms with van der Waals surface area (Å²) >= 11 is 0. The van der Waals surface area contributed by atoms with E-state index >= 15 is 0 Å². The number of nitrogens with zero attached hydrogens (tertiary/aromatic N) is 1. The van der Waals surface area contributed by atoms with Crippen molar-refractivity contribution in [3.05, 3.63) is 0 Å². The molecule has 0 aromatic heterocycles. The van der Waals surface area contributed by atoms with Crippen LogP contribution in [0.5, 0.6) is 0 Å². The van der Waals surface area contributed by atoms with E-state index in [1.54, 1.807) is 14.2 Å². The summed E-state index contributed by atoms with van der Waals surface area (Å²) in [5.41, 5.74) is 0. The zero-order valence-corrected chi connectivity index (χ0v) is 9.08. The molecule has 0 saturated carbocycles. The quantitative estimate of drug-likeness (QED) is 0.415. The Morgan fingerprint density at radius 2 is 1.85 bits per heavy atom. The van der Waals surface area contributed by atoms with Crippen molar-refractivity contribution in [3.8, 4) is 0 Å². The summed E-state index contributed by atoms with van der Waals surface area (Å²) < 4.78 is 15.4. The maximum atomic E-state index is 5.23. The average Bonchev–Trinajstić information content (AvgIpc) is 2.14. The SMILES string of the molecule is CCOCCN(C)CC(OC)OC. The minimum absolute atomic E-state index is 0.147. The van der Waals surface area contributed by atoms with Crippen molar-refractivity contribution < 1.29 is 14.2 Å². The highest BCUT2D eigenvalue weighted by Crippen LogP contribution is 1.94. The van der Waals surface area contributed by atoms with E-state index in [4.69, 9.17) is 14.2 Å². The molecule has 4 heteroatoms. The smallest absolute Gasteiger partial charge is 0.169 e. The van der Waals surface area contributed by atoms with Crippen LogP contribution < -0.4 is 0 Å². The number of hydrogen-bond acceptors (Lipinski definition) is 4. The van der Waals surface area contributed by atoms with Crippen molar-refractivity contribution in [2.75, 3.05) is 47.6 Å². The van der Waals surface area contributed by atoms with Crippen molar-refractivity contribution in [3.63, 3.8) is 0 Å². The van der Waals surface area contributed by atoms with E-state index in [1.807, 2.05) is 14.0 Å². The van der Waals surface area contributed by atoms with Crippen LogP contribution in [-0.4, -0.2) is 58.8 Å². The second-order valence-corrected chi connectivity index (χ2v) is 2.86. The van der Waals surface area contributed by atoms with Crippen molar-refractivity contribution >= 4 is 0 Å². The van der Waals surface area contributed by atoms with Crippen LogP contribution in [0, 0.1) is 0 Å². The Morgan fingerprint density at radius 3 is 2.31 bits per heavy atom. The first kappa shape index (κ1) is 12.8. The van der Waals surface area contributed by atoms with Gasteiger partial charge >= 0.3 is 0 Å². The van der Waals surface area contributed by atoms with Gasteiger partial charge in [-0.25, -0.2) is 0 Å². The molecule has 0 bridgehead atoms. The molecule has 4 nitrogen and oxygen atoms in total. The molecule has 0 aliphatic rings. The second-order valence-electron chi connectivity index (χ2n) is 2.86. The molecule has 13 heavy (non-hydrogen) atoms. The Labute approximate surface area is 80.8 Å². The van der Waals surface area contributed by atoms with Gasteiger partial charge in [0.25, 0.3) is 0 Å². The predicted octanol–water partition coefficient (Wildman–Crippen LogP) is 0.574. The minimum Gasteiger partial charge on any atom is -0.380 e. The first-order valence-electron chi connectivity index (χ1n) is 4.56. The van der Waals surface area contributed by atoms with Crippen molar-refractivity contribution in [1.29, 1.82) is 0 Å². The molecule has 0 spiro atoms. The van der Waals surface area contributed by atoms with Crippen LogP contribution in [0.2, 0.25) is 0 Å². The molecule has 0 atom stereocenters. The molecule has 0 radical (unpaired) electrons. The lowest BCUT2D eigenvalue weighted by atomic mass is 10.5. The zero-order chi connectivity index (χ0) is 10.1. The second kappa shape index (κ2) is 8.44. The molecule has 0 rings (SSSR count). The lowest BCUT2D eigenvalue weighted by Crippen LogP contribution is -2.33. The van der Waals surface area contributed by atoms with E-state index < -0.39 is 0 Å². The first-order valence-corrected chi connectivity index (χ1v) is 4.56. The van der Waals surface area contributed by atoms with Gasteiger partial charge < -0.3 is 14.2 Å². The molecule has 0 aliphatic heterocycles. The summed E-state index contributed by atoms with van der Waals surface area (Å²) in [5, 5.41) is 0. The van der Waals surface area contributed by atoms with E-state index in [0.29, 0.717) is 0 Å². The van der Waals surface area contributed by atoms with Gasteiger partial charge in [0.2, 0.25) is 0 Å². The lowest BCUT2D eigenvalue weighted by Gasteiger charge is -2.21. The van der Waals surface area contributed by atoms with Crippen LogP contribution in [0.3, 0.4) is 0 Å². The number of ether oxygens (including phenoxy) is 3. The molecule has 0 amide bonds. The predicted molar refractivity (Wildman–Crippen MR) is 51.8 cm³/mol. The monoisotopic (exact) mass is 191 g/mol. The molecular formula is C9H21NO3. The van der Waals surface area contributed by atoms with E-state index in [9.17, 15) is 0 Å². The number of rotatable bonds is 8.